The summed E-state index contributed by atoms with van der Waals surface area (Å²) in [6, 6.07) is 3.82. The predicted molar refractivity (Wildman–Crippen MR) is 74.1 cm³/mol. The molecule has 1 saturated heterocycles. The zero-order valence-electron chi connectivity index (χ0n) is 11.2. The van der Waals surface area contributed by atoms with E-state index in [0.717, 1.165) is 48.1 Å². The highest BCUT2D eigenvalue weighted by atomic mass is 19.1. The third kappa shape index (κ3) is 2.51. The van der Waals surface area contributed by atoms with Crippen molar-refractivity contribution >= 4 is 10.8 Å². The summed E-state index contributed by atoms with van der Waals surface area (Å²) in [5, 5.41) is 5.34. The molecule has 1 aliphatic heterocycles. The van der Waals surface area contributed by atoms with Crippen LogP contribution in [0.5, 0.6) is 0 Å². The molecule has 3 nitrogen and oxygen atoms in total. The molecule has 0 amide bonds. The van der Waals surface area contributed by atoms with Gasteiger partial charge in [-0.1, -0.05) is 12.1 Å². The number of hydrogen-bond donors (Lipinski definition) is 1. The van der Waals surface area contributed by atoms with Gasteiger partial charge in [0.25, 0.3) is 0 Å². The van der Waals surface area contributed by atoms with Crippen LogP contribution in [0.1, 0.15) is 17.3 Å². The number of furan rings is 1. The summed E-state index contributed by atoms with van der Waals surface area (Å²) in [5.74, 6) is 0. The third-order valence-electron chi connectivity index (χ3n) is 3.94. The van der Waals surface area contributed by atoms with Gasteiger partial charge in [0.05, 0.1) is 12.5 Å². The van der Waals surface area contributed by atoms with E-state index in [1.165, 1.54) is 0 Å². The number of benzene rings is 1. The van der Waals surface area contributed by atoms with Gasteiger partial charge < -0.3 is 9.73 Å². The molecular formula is C15H19FN2O. The summed E-state index contributed by atoms with van der Waals surface area (Å²) in [7, 11) is 0. The fraction of sp³-hybridized carbons (Fsp3) is 0.467. The molecule has 1 N–H and O–H groups in total. The molecule has 1 unspecified atom stereocenters. The lowest BCUT2D eigenvalue weighted by molar-refractivity contribution is 0.175. The van der Waals surface area contributed by atoms with Crippen molar-refractivity contribution in [1.29, 1.82) is 0 Å². The lowest BCUT2D eigenvalue weighted by atomic mass is 9.99. The topological polar surface area (TPSA) is 28.4 Å². The second kappa shape index (κ2) is 5.31. The van der Waals surface area contributed by atoms with Crippen LogP contribution in [0.3, 0.4) is 0 Å². The molecule has 1 fully saturated rings. The van der Waals surface area contributed by atoms with E-state index in [2.05, 4.69) is 10.2 Å². The highest BCUT2D eigenvalue weighted by Crippen LogP contribution is 2.29. The summed E-state index contributed by atoms with van der Waals surface area (Å²) in [4.78, 5) is 2.18. The monoisotopic (exact) mass is 262 g/mol. The van der Waals surface area contributed by atoms with Crippen molar-refractivity contribution < 1.29 is 8.81 Å². The fourth-order valence-electron chi connectivity index (χ4n) is 2.76. The largest absolute Gasteiger partial charge is 0.471 e. The first-order chi connectivity index (χ1) is 9.25. The minimum Gasteiger partial charge on any atom is -0.471 e. The number of piperazine rings is 1. The van der Waals surface area contributed by atoms with Crippen LogP contribution in [-0.4, -0.2) is 37.6 Å². The molecule has 1 aromatic carbocycles. The molecular weight excluding hydrogens is 243 g/mol. The second-order valence-electron chi connectivity index (χ2n) is 5.17. The van der Waals surface area contributed by atoms with Gasteiger partial charge in [0.15, 0.2) is 0 Å². The molecule has 0 aliphatic carbocycles. The molecule has 1 aromatic heterocycles. The van der Waals surface area contributed by atoms with Gasteiger partial charge >= 0.3 is 0 Å². The smallest absolute Gasteiger partial charge is 0.138 e. The van der Waals surface area contributed by atoms with Gasteiger partial charge in [0, 0.05) is 43.5 Å². The lowest BCUT2D eigenvalue weighted by Crippen LogP contribution is -2.44. The summed E-state index contributed by atoms with van der Waals surface area (Å²) in [5.41, 5.74) is 1.78. The van der Waals surface area contributed by atoms with Crippen molar-refractivity contribution in [2.45, 2.75) is 13.1 Å². The molecule has 3 rings (SSSR count). The molecule has 0 bridgehead atoms. The predicted octanol–water partition coefficient (Wildman–Crippen LogP) is 2.66. The van der Waals surface area contributed by atoms with Crippen LogP contribution in [0.25, 0.3) is 10.8 Å². The van der Waals surface area contributed by atoms with E-state index in [0.29, 0.717) is 6.54 Å². The van der Waals surface area contributed by atoms with Gasteiger partial charge in [-0.2, -0.15) is 0 Å². The number of nitrogens with one attached hydrogen (secondary N) is 1. The Morgan fingerprint density at radius 2 is 2.11 bits per heavy atom. The van der Waals surface area contributed by atoms with Gasteiger partial charge in [-0.3, -0.25) is 4.90 Å². The van der Waals surface area contributed by atoms with Gasteiger partial charge in [0.1, 0.15) is 6.17 Å². The third-order valence-corrected chi connectivity index (χ3v) is 3.94. The zero-order chi connectivity index (χ0) is 13.2. The van der Waals surface area contributed by atoms with E-state index in [-0.39, 0.29) is 0 Å². The molecule has 2 aromatic rings. The van der Waals surface area contributed by atoms with Crippen molar-refractivity contribution in [3.05, 3.63) is 35.8 Å². The normalized spacial score (nSPS) is 18.8. The molecule has 0 radical (unpaired) electrons. The fourth-order valence-corrected chi connectivity index (χ4v) is 2.76. The Labute approximate surface area is 112 Å². The van der Waals surface area contributed by atoms with Crippen LogP contribution in [-0.2, 0) is 0 Å². The molecule has 2 heterocycles. The van der Waals surface area contributed by atoms with Crippen LogP contribution in [0, 0.1) is 6.92 Å². The maximum absolute atomic E-state index is 14.5. The highest BCUT2D eigenvalue weighted by Gasteiger charge is 2.19. The zero-order valence-corrected chi connectivity index (χ0v) is 11.2. The molecule has 19 heavy (non-hydrogen) atoms. The van der Waals surface area contributed by atoms with Crippen molar-refractivity contribution in [2.75, 3.05) is 32.7 Å². The number of alkyl halides is 1. The van der Waals surface area contributed by atoms with Crippen LogP contribution >= 0.6 is 0 Å². The first-order valence-electron chi connectivity index (χ1n) is 6.78. The number of fused-ring (bicyclic) bond motifs is 1. The molecule has 1 atom stereocenters. The van der Waals surface area contributed by atoms with Crippen molar-refractivity contribution in [2.24, 2.45) is 0 Å². The Hall–Kier alpha value is -1.39. The van der Waals surface area contributed by atoms with Crippen molar-refractivity contribution in [1.82, 2.24) is 10.2 Å². The van der Waals surface area contributed by atoms with Crippen LogP contribution in [0.4, 0.5) is 4.39 Å². The van der Waals surface area contributed by atoms with Gasteiger partial charge in [-0.05, 0) is 18.1 Å². The first kappa shape index (κ1) is 12.6. The lowest BCUT2D eigenvalue weighted by Gasteiger charge is -2.28. The molecule has 0 spiro atoms. The summed E-state index contributed by atoms with van der Waals surface area (Å²) >= 11 is 0. The Balaban J connectivity index is 1.80. The molecule has 102 valence electrons. The van der Waals surface area contributed by atoms with E-state index in [9.17, 15) is 4.39 Å². The van der Waals surface area contributed by atoms with E-state index in [4.69, 9.17) is 4.42 Å². The van der Waals surface area contributed by atoms with Gasteiger partial charge in [-0.15, -0.1) is 0 Å². The van der Waals surface area contributed by atoms with E-state index in [1.54, 1.807) is 12.5 Å². The maximum Gasteiger partial charge on any atom is 0.138 e. The molecule has 1 aliphatic rings. The Morgan fingerprint density at radius 3 is 2.89 bits per heavy atom. The maximum atomic E-state index is 14.5. The number of hydrogen-bond acceptors (Lipinski definition) is 3. The van der Waals surface area contributed by atoms with Crippen molar-refractivity contribution in [3.63, 3.8) is 0 Å². The minimum atomic E-state index is -0.933. The van der Waals surface area contributed by atoms with E-state index < -0.39 is 6.17 Å². The van der Waals surface area contributed by atoms with Gasteiger partial charge in [0.2, 0.25) is 0 Å². The SMILES string of the molecule is Cc1c(C(F)CN2CCNCC2)ccc2cocc12. The Morgan fingerprint density at radius 1 is 1.32 bits per heavy atom. The highest BCUT2D eigenvalue weighted by molar-refractivity contribution is 5.85. The number of rotatable bonds is 3. The number of nitrogens with zero attached hydrogens (tertiary/aromatic N) is 1. The minimum absolute atomic E-state index is 0.478. The number of aryl methyl sites for hydroxylation is 1. The van der Waals surface area contributed by atoms with E-state index >= 15 is 0 Å². The van der Waals surface area contributed by atoms with Crippen LogP contribution in [0.15, 0.2) is 29.1 Å². The average Bonchev–Trinajstić information content (AvgIpc) is 2.89. The Bertz CT molecular complexity index is 560. The summed E-state index contributed by atoms with van der Waals surface area (Å²) in [6.45, 7) is 6.20. The van der Waals surface area contributed by atoms with Crippen molar-refractivity contribution in [3.8, 4) is 0 Å². The molecule has 4 heteroatoms. The molecule has 0 saturated carbocycles. The average molecular weight is 262 g/mol. The summed E-state index contributed by atoms with van der Waals surface area (Å²) in [6.07, 6.45) is 2.47. The quantitative estimate of drug-likeness (QED) is 0.921. The summed E-state index contributed by atoms with van der Waals surface area (Å²) < 4.78 is 19.7. The number of halogens is 1. The second-order valence-corrected chi connectivity index (χ2v) is 5.17. The van der Waals surface area contributed by atoms with Gasteiger partial charge in [-0.25, -0.2) is 4.39 Å². The van der Waals surface area contributed by atoms with Crippen LogP contribution in [0.2, 0.25) is 0 Å². The van der Waals surface area contributed by atoms with Crippen LogP contribution < -0.4 is 5.32 Å². The standard InChI is InChI=1S/C15H19FN2O/c1-11-13(3-2-12-9-19-10-14(11)12)15(16)8-18-6-4-17-5-7-18/h2-3,9-10,15,17H,4-8H2,1H3. The Kier molecular flexibility index (Phi) is 3.53. The first-order valence-corrected chi connectivity index (χ1v) is 6.78. The van der Waals surface area contributed by atoms with E-state index in [1.807, 2.05) is 19.1 Å².